The van der Waals surface area contributed by atoms with E-state index in [9.17, 15) is 9.59 Å². The van der Waals surface area contributed by atoms with Gasteiger partial charge in [0.1, 0.15) is 6.10 Å². The molecular formula is C25H41NO3. The number of hydrogen-bond donors (Lipinski definition) is 1. The van der Waals surface area contributed by atoms with Crippen molar-refractivity contribution >= 4 is 11.7 Å². The summed E-state index contributed by atoms with van der Waals surface area (Å²) in [4.78, 5) is 23.4. The summed E-state index contributed by atoms with van der Waals surface area (Å²) in [6.07, 6.45) is 15.7. The van der Waals surface area contributed by atoms with Crippen molar-refractivity contribution in [2.45, 2.75) is 110 Å². The molecule has 0 aromatic heterocycles. The van der Waals surface area contributed by atoms with E-state index in [0.29, 0.717) is 13.0 Å². The molecular weight excluding hydrogens is 362 g/mol. The third-order valence-corrected chi connectivity index (χ3v) is 5.46. The quantitative estimate of drug-likeness (QED) is 0.274. The van der Waals surface area contributed by atoms with Gasteiger partial charge in [0.05, 0.1) is 5.92 Å². The van der Waals surface area contributed by atoms with Crippen molar-refractivity contribution in [3.63, 3.8) is 0 Å². The van der Waals surface area contributed by atoms with Crippen molar-refractivity contribution < 1.29 is 14.3 Å². The Kier molecular flexibility index (Phi) is 14.2. The Bertz CT molecular complexity index is 570. The second-order valence-corrected chi connectivity index (χ2v) is 8.14. The number of unbranched alkanes of at least 4 members (excludes halogenated alkanes) is 9. The van der Waals surface area contributed by atoms with Crippen LogP contribution in [0.15, 0.2) is 11.6 Å². The Morgan fingerprint density at radius 3 is 2.38 bits per heavy atom. The van der Waals surface area contributed by atoms with E-state index in [-0.39, 0.29) is 23.7 Å². The first-order chi connectivity index (χ1) is 14.1. The highest BCUT2D eigenvalue weighted by atomic mass is 16.5. The number of allylic oxidation sites excluding steroid dienone is 1. The van der Waals surface area contributed by atoms with Crippen molar-refractivity contribution in [2.24, 2.45) is 11.7 Å². The van der Waals surface area contributed by atoms with Gasteiger partial charge in [-0.15, -0.1) is 0 Å². The van der Waals surface area contributed by atoms with Gasteiger partial charge in [-0.1, -0.05) is 77.1 Å². The van der Waals surface area contributed by atoms with Gasteiger partial charge >= 0.3 is 0 Å². The number of carbonyl (C=O) groups is 2. The zero-order chi connectivity index (χ0) is 21.3. The molecule has 0 heterocycles. The molecule has 0 unspecified atom stereocenters. The average molecular weight is 404 g/mol. The molecule has 0 saturated heterocycles. The summed E-state index contributed by atoms with van der Waals surface area (Å²) >= 11 is 0. The molecule has 0 fully saturated rings. The van der Waals surface area contributed by atoms with Crippen LogP contribution >= 0.6 is 0 Å². The number of ketones is 1. The molecule has 1 aliphatic carbocycles. The number of nitrogens with two attached hydrogens (primary N) is 1. The van der Waals surface area contributed by atoms with Crippen molar-refractivity contribution in [1.82, 2.24) is 0 Å². The molecule has 4 heteroatoms. The Hall–Kier alpha value is -1.60. The minimum Gasteiger partial charge on any atom is -0.372 e. The molecule has 1 aliphatic rings. The average Bonchev–Trinajstić information content (AvgIpc) is 2.99. The summed E-state index contributed by atoms with van der Waals surface area (Å²) in [5, 5.41) is 0. The van der Waals surface area contributed by atoms with E-state index in [1.807, 2.05) is 0 Å². The number of rotatable bonds is 16. The first kappa shape index (κ1) is 25.4. The fraction of sp³-hybridized carbons (Fsp3) is 0.760. The van der Waals surface area contributed by atoms with Crippen LogP contribution in [-0.4, -0.2) is 24.4 Å². The van der Waals surface area contributed by atoms with E-state index in [0.717, 1.165) is 50.5 Å². The van der Waals surface area contributed by atoms with Gasteiger partial charge < -0.3 is 10.5 Å². The number of primary amides is 1. The lowest BCUT2D eigenvalue weighted by molar-refractivity contribution is -0.121. The number of hydrogen-bond acceptors (Lipinski definition) is 3. The normalized spacial score (nSPS) is 18.4. The fourth-order valence-electron chi connectivity index (χ4n) is 3.70. The van der Waals surface area contributed by atoms with E-state index >= 15 is 0 Å². The predicted molar refractivity (Wildman–Crippen MR) is 119 cm³/mol. The maximum absolute atomic E-state index is 12.6. The van der Waals surface area contributed by atoms with E-state index in [4.69, 9.17) is 10.5 Å². The zero-order valence-electron chi connectivity index (χ0n) is 18.6. The Labute approximate surface area is 178 Å². The minimum atomic E-state index is -0.251. The topological polar surface area (TPSA) is 69.4 Å². The molecule has 1 amide bonds. The molecule has 0 radical (unpaired) electrons. The van der Waals surface area contributed by atoms with Crippen LogP contribution in [-0.2, 0) is 14.3 Å². The van der Waals surface area contributed by atoms with Gasteiger partial charge in [-0.3, -0.25) is 9.59 Å². The van der Waals surface area contributed by atoms with Gasteiger partial charge in [0.25, 0.3) is 0 Å². The van der Waals surface area contributed by atoms with Gasteiger partial charge in [0, 0.05) is 25.0 Å². The van der Waals surface area contributed by atoms with E-state index < -0.39 is 0 Å². The standard InChI is InChI=1S/C25H41NO3/c1-3-5-7-9-10-12-16-21-20-23(27)22(17-13-8-6-4-2)25(21)29-19-15-11-14-18-24(26)28/h20,22,25H,3-11,13-15,17-19H2,1-2H3,(H2,26,28)/t22-,25+/m0/s1. The Morgan fingerprint density at radius 1 is 1.00 bits per heavy atom. The molecule has 2 N–H and O–H groups in total. The van der Waals surface area contributed by atoms with Crippen molar-refractivity contribution in [2.75, 3.05) is 6.61 Å². The summed E-state index contributed by atoms with van der Waals surface area (Å²) in [5.41, 5.74) is 6.04. The van der Waals surface area contributed by atoms with Gasteiger partial charge in [0.15, 0.2) is 5.78 Å². The first-order valence-electron chi connectivity index (χ1n) is 11.7. The molecule has 0 bridgehead atoms. The molecule has 164 valence electrons. The highest BCUT2D eigenvalue weighted by Gasteiger charge is 2.35. The molecule has 2 atom stereocenters. The van der Waals surface area contributed by atoms with Crippen LogP contribution in [0, 0.1) is 17.8 Å². The van der Waals surface area contributed by atoms with Crippen LogP contribution in [0.25, 0.3) is 0 Å². The first-order valence-corrected chi connectivity index (χ1v) is 11.7. The minimum absolute atomic E-state index is 0.0816. The lowest BCUT2D eigenvalue weighted by Gasteiger charge is -2.21. The van der Waals surface area contributed by atoms with Crippen molar-refractivity contribution in [3.8, 4) is 11.8 Å². The van der Waals surface area contributed by atoms with Crippen LogP contribution in [0.4, 0.5) is 0 Å². The summed E-state index contributed by atoms with van der Waals surface area (Å²) in [6.45, 7) is 5.00. The SMILES string of the molecule is CCCCCCC#CC1=CC(=O)[C@H](CCCCCC)[C@@H]1OCCCCCC(N)=O. The van der Waals surface area contributed by atoms with Crippen LogP contribution < -0.4 is 5.73 Å². The van der Waals surface area contributed by atoms with Gasteiger partial charge in [0.2, 0.25) is 5.91 Å². The molecule has 0 aliphatic heterocycles. The zero-order valence-corrected chi connectivity index (χ0v) is 18.6. The summed E-state index contributed by atoms with van der Waals surface area (Å²) < 4.78 is 6.15. The van der Waals surface area contributed by atoms with E-state index in [1.165, 1.54) is 38.5 Å². The maximum Gasteiger partial charge on any atom is 0.217 e. The molecule has 4 nitrogen and oxygen atoms in total. The summed E-state index contributed by atoms with van der Waals surface area (Å²) in [6, 6.07) is 0. The molecule has 0 spiro atoms. The Morgan fingerprint density at radius 2 is 1.69 bits per heavy atom. The lowest BCUT2D eigenvalue weighted by atomic mass is 9.94. The molecule has 0 aromatic rings. The second-order valence-electron chi connectivity index (χ2n) is 8.14. The number of ether oxygens (including phenoxy) is 1. The van der Waals surface area contributed by atoms with Crippen LogP contribution in [0.2, 0.25) is 0 Å². The highest BCUT2D eigenvalue weighted by Crippen LogP contribution is 2.30. The number of carbonyl (C=O) groups excluding carboxylic acids is 2. The Balaban J connectivity index is 2.55. The van der Waals surface area contributed by atoms with Crippen molar-refractivity contribution in [3.05, 3.63) is 11.6 Å². The molecule has 1 rings (SSSR count). The third-order valence-electron chi connectivity index (χ3n) is 5.46. The molecule has 29 heavy (non-hydrogen) atoms. The van der Waals surface area contributed by atoms with Crippen molar-refractivity contribution in [1.29, 1.82) is 0 Å². The maximum atomic E-state index is 12.6. The van der Waals surface area contributed by atoms with Crippen LogP contribution in [0.3, 0.4) is 0 Å². The van der Waals surface area contributed by atoms with Crippen LogP contribution in [0.5, 0.6) is 0 Å². The number of amides is 1. The van der Waals surface area contributed by atoms with E-state index in [1.54, 1.807) is 6.08 Å². The summed E-state index contributed by atoms with van der Waals surface area (Å²) in [7, 11) is 0. The smallest absolute Gasteiger partial charge is 0.217 e. The monoisotopic (exact) mass is 403 g/mol. The van der Waals surface area contributed by atoms with E-state index in [2.05, 4.69) is 25.7 Å². The lowest BCUT2D eigenvalue weighted by Crippen LogP contribution is -2.26. The second kappa shape index (κ2) is 16.2. The molecule has 0 saturated carbocycles. The fourth-order valence-corrected chi connectivity index (χ4v) is 3.70. The van der Waals surface area contributed by atoms with Crippen LogP contribution in [0.1, 0.15) is 104 Å². The highest BCUT2D eigenvalue weighted by molar-refractivity contribution is 5.97. The largest absolute Gasteiger partial charge is 0.372 e. The van der Waals surface area contributed by atoms with Gasteiger partial charge in [-0.2, -0.15) is 0 Å². The van der Waals surface area contributed by atoms with Gasteiger partial charge in [-0.05, 0) is 31.8 Å². The predicted octanol–water partition coefficient (Wildman–Crippen LogP) is 5.49. The van der Waals surface area contributed by atoms with Gasteiger partial charge in [-0.25, -0.2) is 0 Å². The third kappa shape index (κ3) is 11.2. The summed E-state index contributed by atoms with van der Waals surface area (Å²) in [5.74, 6) is 6.34. The molecule has 0 aromatic carbocycles.